The molecule has 0 N–H and O–H groups in total. The van der Waals surface area contributed by atoms with Gasteiger partial charge in [-0.3, -0.25) is 4.79 Å². The molecule has 0 atom stereocenters. The molecule has 9 heteroatoms. The number of piperidine rings is 1. The molecule has 1 aromatic carbocycles. The molecular weight excluding hydrogens is 380 g/mol. The molecule has 146 valence electrons. The minimum Gasteiger partial charge on any atom is -0.338 e. The van der Waals surface area contributed by atoms with Crippen molar-refractivity contribution in [3.8, 4) is 11.6 Å². The maximum Gasteiger partial charge on any atom is 0.280 e. The van der Waals surface area contributed by atoms with Crippen molar-refractivity contribution in [3.05, 3.63) is 46.9 Å². The highest BCUT2D eigenvalue weighted by molar-refractivity contribution is 6.30. The van der Waals surface area contributed by atoms with Crippen molar-refractivity contribution in [1.82, 2.24) is 30.0 Å². The maximum atomic E-state index is 12.6. The lowest BCUT2D eigenvalue weighted by atomic mass is 10.0. The molecule has 1 fully saturated rings. The Labute approximate surface area is 167 Å². The second-order valence-electron chi connectivity index (χ2n) is 6.88. The van der Waals surface area contributed by atoms with Gasteiger partial charge in [0.2, 0.25) is 0 Å². The van der Waals surface area contributed by atoms with Gasteiger partial charge in [-0.05, 0) is 43.5 Å². The van der Waals surface area contributed by atoms with E-state index in [1.807, 2.05) is 15.8 Å². The monoisotopic (exact) mass is 400 g/mol. The van der Waals surface area contributed by atoms with Crippen molar-refractivity contribution in [2.24, 2.45) is 0 Å². The summed E-state index contributed by atoms with van der Waals surface area (Å²) in [6.07, 6.45) is 5.20. The van der Waals surface area contributed by atoms with Crippen molar-refractivity contribution in [1.29, 1.82) is 0 Å². The summed E-state index contributed by atoms with van der Waals surface area (Å²) in [6.45, 7) is 3.40. The predicted molar refractivity (Wildman–Crippen MR) is 103 cm³/mol. The lowest BCUT2D eigenvalue weighted by molar-refractivity contribution is 0.0689. The van der Waals surface area contributed by atoms with Crippen LogP contribution in [0.5, 0.6) is 0 Å². The molecule has 3 heterocycles. The third-order valence-electron chi connectivity index (χ3n) is 4.89. The number of hydrogen-bond acceptors (Lipinski definition) is 6. The summed E-state index contributed by atoms with van der Waals surface area (Å²) in [5, 5.41) is 13.0. The van der Waals surface area contributed by atoms with Gasteiger partial charge < -0.3 is 9.42 Å². The average molecular weight is 401 g/mol. The van der Waals surface area contributed by atoms with Gasteiger partial charge in [0, 0.05) is 30.1 Å². The van der Waals surface area contributed by atoms with Crippen LogP contribution >= 0.6 is 11.6 Å². The molecule has 0 saturated carbocycles. The number of hydrogen-bond donors (Lipinski definition) is 0. The first kappa shape index (κ1) is 18.6. The number of aryl methyl sites for hydroxylation is 1. The van der Waals surface area contributed by atoms with Crippen LogP contribution in [0.25, 0.3) is 11.6 Å². The predicted octanol–water partition coefficient (Wildman–Crippen LogP) is 3.41. The Hall–Kier alpha value is -2.74. The van der Waals surface area contributed by atoms with E-state index in [1.165, 1.54) is 0 Å². The number of amides is 1. The molecule has 1 aliphatic rings. The number of aromatic nitrogens is 5. The number of nitrogens with zero attached hydrogens (tertiary/aromatic N) is 6. The van der Waals surface area contributed by atoms with E-state index in [-0.39, 0.29) is 11.9 Å². The van der Waals surface area contributed by atoms with Gasteiger partial charge in [-0.15, -0.1) is 5.10 Å². The van der Waals surface area contributed by atoms with E-state index >= 15 is 0 Å². The number of rotatable bonds is 5. The molecule has 0 aliphatic carbocycles. The van der Waals surface area contributed by atoms with Gasteiger partial charge in [0.15, 0.2) is 11.5 Å². The number of halogens is 1. The number of carbonyl (C=O) groups excluding carboxylic acids is 1. The van der Waals surface area contributed by atoms with E-state index in [0.717, 1.165) is 25.7 Å². The van der Waals surface area contributed by atoms with E-state index in [0.29, 0.717) is 41.1 Å². The molecule has 1 aliphatic heterocycles. The second-order valence-corrected chi connectivity index (χ2v) is 7.32. The zero-order valence-electron chi connectivity index (χ0n) is 15.6. The lowest BCUT2D eigenvalue weighted by Gasteiger charge is -2.31. The topological polar surface area (TPSA) is 89.9 Å². The summed E-state index contributed by atoms with van der Waals surface area (Å²) in [5.74, 6) is 1.11. The fourth-order valence-electron chi connectivity index (χ4n) is 3.34. The Morgan fingerprint density at radius 2 is 2.00 bits per heavy atom. The standard InChI is InChI=1S/C19H21ClN6O2/c1-2-3-17-21-18(28-23-17)16-12-26(24-22-16)15-8-10-25(11-9-15)19(27)13-4-6-14(20)7-5-13/h4-7,12,15H,2-3,8-11H2,1H3. The molecule has 2 aromatic heterocycles. The first-order valence-electron chi connectivity index (χ1n) is 9.43. The molecule has 1 saturated heterocycles. The van der Waals surface area contributed by atoms with Crippen molar-refractivity contribution in [3.63, 3.8) is 0 Å². The molecular formula is C19H21ClN6O2. The van der Waals surface area contributed by atoms with E-state index in [4.69, 9.17) is 16.1 Å². The summed E-state index contributed by atoms with van der Waals surface area (Å²) in [6, 6.07) is 7.19. The highest BCUT2D eigenvalue weighted by atomic mass is 35.5. The third kappa shape index (κ3) is 3.91. The Balaban J connectivity index is 1.38. The van der Waals surface area contributed by atoms with Crippen LogP contribution in [-0.4, -0.2) is 49.0 Å². The molecule has 4 rings (SSSR count). The van der Waals surface area contributed by atoms with Crippen LogP contribution in [0.15, 0.2) is 35.0 Å². The minimum absolute atomic E-state index is 0.0312. The summed E-state index contributed by atoms with van der Waals surface area (Å²) in [4.78, 5) is 18.8. The van der Waals surface area contributed by atoms with Crippen LogP contribution < -0.4 is 0 Å². The molecule has 28 heavy (non-hydrogen) atoms. The van der Waals surface area contributed by atoms with Crippen molar-refractivity contribution < 1.29 is 9.32 Å². The van der Waals surface area contributed by atoms with Crippen molar-refractivity contribution >= 4 is 17.5 Å². The molecule has 3 aromatic rings. The summed E-state index contributed by atoms with van der Waals surface area (Å²) in [5.41, 5.74) is 1.24. The first-order valence-corrected chi connectivity index (χ1v) is 9.81. The highest BCUT2D eigenvalue weighted by Gasteiger charge is 2.26. The number of likely N-dealkylation sites (tertiary alicyclic amines) is 1. The van der Waals surface area contributed by atoms with Crippen LogP contribution in [-0.2, 0) is 6.42 Å². The smallest absolute Gasteiger partial charge is 0.280 e. The van der Waals surface area contributed by atoms with Gasteiger partial charge in [-0.2, -0.15) is 4.98 Å². The van der Waals surface area contributed by atoms with E-state index < -0.39 is 0 Å². The minimum atomic E-state index is 0.0312. The maximum absolute atomic E-state index is 12.6. The summed E-state index contributed by atoms with van der Waals surface area (Å²) >= 11 is 5.90. The van der Waals surface area contributed by atoms with Crippen LogP contribution in [0, 0.1) is 0 Å². The number of carbonyl (C=O) groups is 1. The zero-order valence-corrected chi connectivity index (χ0v) is 16.3. The Morgan fingerprint density at radius 3 is 2.71 bits per heavy atom. The van der Waals surface area contributed by atoms with Crippen LogP contribution in [0.4, 0.5) is 0 Å². The first-order chi connectivity index (χ1) is 13.6. The number of benzene rings is 1. The van der Waals surface area contributed by atoms with E-state index in [9.17, 15) is 4.79 Å². The summed E-state index contributed by atoms with van der Waals surface area (Å²) < 4.78 is 7.11. The van der Waals surface area contributed by atoms with Crippen molar-refractivity contribution in [2.75, 3.05) is 13.1 Å². The van der Waals surface area contributed by atoms with Gasteiger partial charge in [-0.1, -0.05) is 28.9 Å². The van der Waals surface area contributed by atoms with Crippen LogP contribution in [0.3, 0.4) is 0 Å². The van der Waals surface area contributed by atoms with E-state index in [2.05, 4.69) is 27.4 Å². The molecule has 0 unspecified atom stereocenters. The summed E-state index contributed by atoms with van der Waals surface area (Å²) in [7, 11) is 0. The average Bonchev–Trinajstić information content (AvgIpc) is 3.38. The van der Waals surface area contributed by atoms with E-state index in [1.54, 1.807) is 24.3 Å². The Bertz CT molecular complexity index is 944. The fraction of sp³-hybridized carbons (Fsp3) is 0.421. The van der Waals surface area contributed by atoms with Gasteiger partial charge >= 0.3 is 0 Å². The highest BCUT2D eigenvalue weighted by Crippen LogP contribution is 2.25. The molecule has 0 bridgehead atoms. The normalized spacial score (nSPS) is 15.1. The quantitative estimate of drug-likeness (QED) is 0.651. The second kappa shape index (κ2) is 8.10. The Kier molecular flexibility index (Phi) is 5.38. The lowest BCUT2D eigenvalue weighted by Crippen LogP contribution is -2.39. The van der Waals surface area contributed by atoms with Gasteiger partial charge in [0.1, 0.15) is 0 Å². The fourth-order valence-corrected chi connectivity index (χ4v) is 3.47. The molecule has 0 spiro atoms. The Morgan fingerprint density at radius 1 is 1.25 bits per heavy atom. The SMILES string of the molecule is CCCc1noc(-c2cn(C3CCN(C(=O)c4ccc(Cl)cc4)CC3)nn2)n1. The van der Waals surface area contributed by atoms with Gasteiger partial charge in [0.05, 0.1) is 12.2 Å². The largest absolute Gasteiger partial charge is 0.338 e. The van der Waals surface area contributed by atoms with Crippen LogP contribution in [0.2, 0.25) is 5.02 Å². The third-order valence-corrected chi connectivity index (χ3v) is 5.14. The van der Waals surface area contributed by atoms with Crippen molar-refractivity contribution in [2.45, 2.75) is 38.6 Å². The van der Waals surface area contributed by atoms with Crippen LogP contribution in [0.1, 0.15) is 48.4 Å². The molecule has 0 radical (unpaired) electrons. The molecule has 8 nitrogen and oxygen atoms in total. The van der Waals surface area contributed by atoms with Gasteiger partial charge in [-0.25, -0.2) is 4.68 Å². The molecule has 1 amide bonds. The van der Waals surface area contributed by atoms with Gasteiger partial charge in [0.25, 0.3) is 11.8 Å². The zero-order chi connectivity index (χ0) is 19.5.